The Bertz CT molecular complexity index is 352. The van der Waals surface area contributed by atoms with Gasteiger partial charge in [0.25, 0.3) is 0 Å². The Morgan fingerprint density at radius 2 is 2.35 bits per heavy atom. The maximum Gasteiger partial charge on any atom is 0.323 e. The highest BCUT2D eigenvalue weighted by Crippen LogP contribution is 2.20. The molecule has 1 aromatic rings. The predicted octanol–water partition coefficient (Wildman–Crippen LogP) is 1.07. The first-order chi connectivity index (χ1) is 7.99. The molecule has 6 heteroatoms. The van der Waals surface area contributed by atoms with Gasteiger partial charge in [-0.3, -0.25) is 9.48 Å². The third-order valence-electron chi connectivity index (χ3n) is 2.83. The molecule has 0 saturated heterocycles. The van der Waals surface area contributed by atoms with Gasteiger partial charge in [0, 0.05) is 0 Å². The Hall–Kier alpha value is -1.43. The topological polar surface area (TPSA) is 80.0 Å². The van der Waals surface area contributed by atoms with Gasteiger partial charge >= 0.3 is 5.97 Å². The van der Waals surface area contributed by atoms with Crippen molar-refractivity contribution in [1.82, 2.24) is 20.1 Å². The molecule has 0 fully saturated rings. The smallest absolute Gasteiger partial charge is 0.323 e. The van der Waals surface area contributed by atoms with Gasteiger partial charge in [0.1, 0.15) is 18.2 Å². The van der Waals surface area contributed by atoms with Crippen molar-refractivity contribution in [2.45, 2.75) is 45.2 Å². The van der Waals surface area contributed by atoms with E-state index in [4.69, 9.17) is 0 Å². The van der Waals surface area contributed by atoms with Gasteiger partial charge in [0.2, 0.25) is 0 Å². The molecule has 0 saturated carbocycles. The first-order valence-electron chi connectivity index (χ1n) is 5.82. The van der Waals surface area contributed by atoms with Crippen LogP contribution in [-0.2, 0) is 4.79 Å². The number of nitrogens with zero attached hydrogens (tertiary/aromatic N) is 3. The number of hydrogen-bond donors (Lipinski definition) is 2. The molecule has 0 aliphatic heterocycles. The van der Waals surface area contributed by atoms with E-state index in [9.17, 15) is 9.90 Å². The van der Waals surface area contributed by atoms with Gasteiger partial charge in [-0.25, -0.2) is 4.98 Å². The summed E-state index contributed by atoms with van der Waals surface area (Å²) in [6.45, 7) is 6.34. The SMILES string of the molecule is CCCNC(C)(CC(C)n1cncn1)C(=O)O. The van der Waals surface area contributed by atoms with Gasteiger partial charge in [-0.05, 0) is 33.2 Å². The summed E-state index contributed by atoms with van der Waals surface area (Å²) in [6.07, 6.45) is 4.42. The summed E-state index contributed by atoms with van der Waals surface area (Å²) in [5, 5.41) is 16.4. The minimum atomic E-state index is -0.929. The van der Waals surface area contributed by atoms with Crippen LogP contribution in [0.3, 0.4) is 0 Å². The normalized spacial score (nSPS) is 16.4. The Labute approximate surface area is 101 Å². The molecule has 0 spiro atoms. The van der Waals surface area contributed by atoms with Gasteiger partial charge in [0.05, 0.1) is 6.04 Å². The summed E-state index contributed by atoms with van der Waals surface area (Å²) in [6, 6.07) is -0.0112. The van der Waals surface area contributed by atoms with Gasteiger partial charge in [-0.15, -0.1) is 0 Å². The molecular formula is C11H20N4O2. The molecule has 2 atom stereocenters. The maximum atomic E-state index is 11.3. The Morgan fingerprint density at radius 3 is 2.82 bits per heavy atom. The number of aromatic nitrogens is 3. The molecule has 1 rings (SSSR count). The standard InChI is InChI=1S/C11H20N4O2/c1-4-5-13-11(3,10(16)17)6-9(2)15-8-12-7-14-15/h7-9,13H,4-6H2,1-3H3,(H,16,17). The van der Waals surface area contributed by atoms with E-state index in [-0.39, 0.29) is 6.04 Å². The number of carboxylic acid groups (broad SMARTS) is 1. The quantitative estimate of drug-likeness (QED) is 0.745. The molecule has 0 amide bonds. The van der Waals surface area contributed by atoms with Gasteiger partial charge < -0.3 is 10.4 Å². The molecular weight excluding hydrogens is 220 g/mol. The average molecular weight is 240 g/mol. The lowest BCUT2D eigenvalue weighted by molar-refractivity contribution is -0.144. The van der Waals surface area contributed by atoms with Crippen molar-refractivity contribution in [2.75, 3.05) is 6.54 Å². The molecule has 0 radical (unpaired) electrons. The second-order valence-electron chi connectivity index (χ2n) is 4.49. The van der Waals surface area contributed by atoms with E-state index >= 15 is 0 Å². The van der Waals surface area contributed by atoms with Crippen molar-refractivity contribution in [2.24, 2.45) is 0 Å². The first kappa shape index (κ1) is 13.6. The van der Waals surface area contributed by atoms with Crippen LogP contribution in [0.2, 0.25) is 0 Å². The molecule has 0 bridgehead atoms. The van der Waals surface area contributed by atoms with Crippen molar-refractivity contribution >= 4 is 5.97 Å². The molecule has 1 aromatic heterocycles. The van der Waals surface area contributed by atoms with E-state index in [1.54, 1.807) is 17.9 Å². The van der Waals surface area contributed by atoms with Crippen molar-refractivity contribution in [3.63, 3.8) is 0 Å². The number of carboxylic acids is 1. The fourth-order valence-corrected chi connectivity index (χ4v) is 1.77. The number of hydrogen-bond acceptors (Lipinski definition) is 4. The summed E-state index contributed by atoms with van der Waals surface area (Å²) in [5.74, 6) is -0.835. The Kier molecular flexibility index (Phi) is 4.62. The zero-order chi connectivity index (χ0) is 12.9. The van der Waals surface area contributed by atoms with Crippen LogP contribution in [0.1, 0.15) is 39.7 Å². The van der Waals surface area contributed by atoms with Crippen molar-refractivity contribution in [3.05, 3.63) is 12.7 Å². The van der Waals surface area contributed by atoms with Crippen LogP contribution in [0.25, 0.3) is 0 Å². The Balaban J connectivity index is 2.69. The molecule has 2 N–H and O–H groups in total. The highest BCUT2D eigenvalue weighted by atomic mass is 16.4. The molecule has 0 aromatic carbocycles. The van der Waals surface area contributed by atoms with Crippen LogP contribution in [0.15, 0.2) is 12.7 Å². The highest BCUT2D eigenvalue weighted by Gasteiger charge is 2.34. The molecule has 17 heavy (non-hydrogen) atoms. The summed E-state index contributed by atoms with van der Waals surface area (Å²) in [7, 11) is 0. The van der Waals surface area contributed by atoms with Crippen LogP contribution in [0.4, 0.5) is 0 Å². The summed E-state index contributed by atoms with van der Waals surface area (Å²) >= 11 is 0. The van der Waals surface area contributed by atoms with E-state index in [0.717, 1.165) is 6.42 Å². The van der Waals surface area contributed by atoms with Crippen LogP contribution in [0.5, 0.6) is 0 Å². The van der Waals surface area contributed by atoms with Crippen LogP contribution >= 0.6 is 0 Å². The van der Waals surface area contributed by atoms with Crippen LogP contribution < -0.4 is 5.32 Å². The van der Waals surface area contributed by atoms with Gasteiger partial charge in [0.15, 0.2) is 0 Å². The number of aliphatic carboxylic acids is 1. The van der Waals surface area contributed by atoms with Crippen molar-refractivity contribution in [1.29, 1.82) is 0 Å². The zero-order valence-electron chi connectivity index (χ0n) is 10.6. The van der Waals surface area contributed by atoms with E-state index < -0.39 is 11.5 Å². The minimum Gasteiger partial charge on any atom is -0.480 e. The molecule has 2 unspecified atom stereocenters. The van der Waals surface area contributed by atoms with Crippen molar-refractivity contribution in [3.8, 4) is 0 Å². The fraction of sp³-hybridized carbons (Fsp3) is 0.727. The van der Waals surface area contributed by atoms with Crippen molar-refractivity contribution < 1.29 is 9.90 Å². The molecule has 0 aliphatic carbocycles. The minimum absolute atomic E-state index is 0.0112. The van der Waals surface area contributed by atoms with Gasteiger partial charge in [-0.2, -0.15) is 5.10 Å². The van der Waals surface area contributed by atoms with E-state index in [1.807, 2.05) is 13.8 Å². The van der Waals surface area contributed by atoms with E-state index in [1.165, 1.54) is 6.33 Å². The molecule has 6 nitrogen and oxygen atoms in total. The average Bonchev–Trinajstić information content (AvgIpc) is 2.79. The molecule has 96 valence electrons. The van der Waals surface area contributed by atoms with E-state index in [2.05, 4.69) is 15.4 Å². The largest absolute Gasteiger partial charge is 0.480 e. The number of nitrogens with one attached hydrogen (secondary N) is 1. The lowest BCUT2D eigenvalue weighted by Crippen LogP contribution is -2.51. The summed E-state index contributed by atoms with van der Waals surface area (Å²) < 4.78 is 1.68. The Morgan fingerprint density at radius 1 is 1.65 bits per heavy atom. The first-order valence-corrected chi connectivity index (χ1v) is 5.82. The van der Waals surface area contributed by atoms with Crippen LogP contribution in [0, 0.1) is 0 Å². The summed E-state index contributed by atoms with van der Waals surface area (Å²) in [4.78, 5) is 15.2. The maximum absolute atomic E-state index is 11.3. The zero-order valence-corrected chi connectivity index (χ0v) is 10.6. The lowest BCUT2D eigenvalue weighted by atomic mass is 9.93. The third-order valence-corrected chi connectivity index (χ3v) is 2.83. The predicted molar refractivity (Wildman–Crippen MR) is 63.7 cm³/mol. The van der Waals surface area contributed by atoms with E-state index in [0.29, 0.717) is 13.0 Å². The molecule has 0 aliphatic rings. The number of carbonyl (C=O) groups is 1. The monoisotopic (exact) mass is 240 g/mol. The molecule has 1 heterocycles. The highest BCUT2D eigenvalue weighted by molar-refractivity contribution is 5.78. The fourth-order valence-electron chi connectivity index (χ4n) is 1.77. The second-order valence-corrected chi connectivity index (χ2v) is 4.49. The summed E-state index contributed by atoms with van der Waals surface area (Å²) in [5.41, 5.74) is -0.929. The van der Waals surface area contributed by atoms with Crippen LogP contribution in [-0.4, -0.2) is 37.9 Å². The lowest BCUT2D eigenvalue weighted by Gasteiger charge is -2.29. The second kappa shape index (κ2) is 5.77. The third kappa shape index (κ3) is 3.52. The number of rotatable bonds is 7. The van der Waals surface area contributed by atoms with Gasteiger partial charge in [-0.1, -0.05) is 6.92 Å².